The van der Waals surface area contributed by atoms with Crippen LogP contribution < -0.4 is 10.6 Å². The molecular weight excluding hydrogens is 421 g/mol. The minimum absolute atomic E-state index is 0. The number of amides is 1. The smallest absolute Gasteiger partial charge is 0.241 e. The number of nitrogens with zero attached hydrogens (tertiary/aromatic N) is 3. The van der Waals surface area contributed by atoms with Crippen LogP contribution in [-0.2, 0) is 16.0 Å². The van der Waals surface area contributed by atoms with Gasteiger partial charge in [-0.3, -0.25) is 14.8 Å². The topological polar surface area (TPSA) is 78.9 Å². The van der Waals surface area contributed by atoms with Crippen molar-refractivity contribution >= 4 is 35.8 Å². The summed E-state index contributed by atoms with van der Waals surface area (Å²) in [5.74, 6) is 0.587. The molecule has 7 nitrogen and oxygen atoms in total. The molecule has 0 aliphatic rings. The number of hydrogen-bond donors (Lipinski definition) is 2. The van der Waals surface area contributed by atoms with Crippen LogP contribution in [0.5, 0.6) is 0 Å². The maximum Gasteiger partial charge on any atom is 0.241 e. The van der Waals surface area contributed by atoms with Gasteiger partial charge in [-0.15, -0.1) is 24.0 Å². The third-order valence-corrected chi connectivity index (χ3v) is 3.29. The Hall–Kier alpha value is -1.42. The molecule has 8 heteroatoms. The Labute approximate surface area is 161 Å². The second-order valence-corrected chi connectivity index (χ2v) is 5.31. The molecule has 1 atom stereocenters. The first-order valence-electron chi connectivity index (χ1n) is 7.66. The molecule has 0 aromatic carbocycles. The van der Waals surface area contributed by atoms with Crippen molar-refractivity contribution in [1.29, 1.82) is 0 Å². The lowest BCUT2D eigenvalue weighted by atomic mass is 10.2. The van der Waals surface area contributed by atoms with E-state index in [-0.39, 0.29) is 42.5 Å². The van der Waals surface area contributed by atoms with E-state index in [1.165, 1.54) is 0 Å². The monoisotopic (exact) mass is 449 g/mol. The summed E-state index contributed by atoms with van der Waals surface area (Å²) in [5, 5.41) is 6.17. The number of guanidine groups is 1. The maximum absolute atomic E-state index is 12.1. The van der Waals surface area contributed by atoms with Gasteiger partial charge in [0, 0.05) is 52.1 Å². The van der Waals surface area contributed by atoms with Crippen molar-refractivity contribution in [3.05, 3.63) is 30.1 Å². The summed E-state index contributed by atoms with van der Waals surface area (Å²) >= 11 is 0. The van der Waals surface area contributed by atoms with Crippen LogP contribution in [0.15, 0.2) is 29.4 Å². The number of methoxy groups -OCH3 is 1. The highest BCUT2D eigenvalue weighted by atomic mass is 127. The minimum atomic E-state index is 0. The average molecular weight is 449 g/mol. The van der Waals surface area contributed by atoms with Gasteiger partial charge in [-0.2, -0.15) is 0 Å². The molecule has 1 aromatic rings. The Bertz CT molecular complexity index is 499. The van der Waals surface area contributed by atoms with E-state index < -0.39 is 0 Å². The van der Waals surface area contributed by atoms with Crippen LogP contribution in [0.1, 0.15) is 12.6 Å². The van der Waals surface area contributed by atoms with E-state index in [1.54, 1.807) is 32.3 Å². The summed E-state index contributed by atoms with van der Waals surface area (Å²) in [7, 11) is 5.11. The van der Waals surface area contributed by atoms with Crippen molar-refractivity contribution in [3.63, 3.8) is 0 Å². The molecule has 0 spiro atoms. The Morgan fingerprint density at radius 3 is 2.79 bits per heavy atom. The lowest BCUT2D eigenvalue weighted by Crippen LogP contribution is -2.47. The number of rotatable bonds is 8. The van der Waals surface area contributed by atoms with Gasteiger partial charge in [-0.05, 0) is 19.1 Å². The molecule has 0 radical (unpaired) electrons. The van der Waals surface area contributed by atoms with Gasteiger partial charge in [-0.1, -0.05) is 6.07 Å². The van der Waals surface area contributed by atoms with Crippen molar-refractivity contribution < 1.29 is 9.53 Å². The average Bonchev–Trinajstić information content (AvgIpc) is 2.57. The second-order valence-electron chi connectivity index (χ2n) is 5.31. The zero-order valence-corrected chi connectivity index (χ0v) is 17.1. The third-order valence-electron chi connectivity index (χ3n) is 3.29. The fourth-order valence-corrected chi connectivity index (χ4v) is 1.97. The van der Waals surface area contributed by atoms with E-state index in [9.17, 15) is 4.79 Å². The summed E-state index contributed by atoms with van der Waals surface area (Å²) in [4.78, 5) is 22.2. The van der Waals surface area contributed by atoms with Crippen molar-refractivity contribution in [1.82, 2.24) is 20.5 Å². The van der Waals surface area contributed by atoms with Crippen LogP contribution in [-0.4, -0.2) is 68.7 Å². The molecule has 1 aromatic heterocycles. The van der Waals surface area contributed by atoms with E-state index >= 15 is 0 Å². The maximum atomic E-state index is 12.1. The summed E-state index contributed by atoms with van der Waals surface area (Å²) in [5.41, 5.74) is 0.978. The molecule has 24 heavy (non-hydrogen) atoms. The first-order chi connectivity index (χ1) is 11.1. The van der Waals surface area contributed by atoms with Crippen LogP contribution >= 0.6 is 24.0 Å². The SMILES string of the molecule is CN=C(NCC(=O)N(C)CCc1ccccn1)NC(C)COC.I. The predicted molar refractivity (Wildman–Crippen MR) is 107 cm³/mol. The zero-order valence-electron chi connectivity index (χ0n) is 14.8. The summed E-state index contributed by atoms with van der Waals surface area (Å²) < 4.78 is 5.06. The molecule has 0 aliphatic carbocycles. The quantitative estimate of drug-likeness (QED) is 0.351. The highest BCUT2D eigenvalue weighted by molar-refractivity contribution is 14.0. The molecule has 1 amide bonds. The number of hydrogen-bond acceptors (Lipinski definition) is 4. The Balaban J connectivity index is 0.00000529. The number of ether oxygens (including phenoxy) is 1. The molecule has 1 heterocycles. The van der Waals surface area contributed by atoms with Gasteiger partial charge in [0.1, 0.15) is 0 Å². The van der Waals surface area contributed by atoms with Gasteiger partial charge in [0.25, 0.3) is 0 Å². The number of halogens is 1. The van der Waals surface area contributed by atoms with Gasteiger partial charge in [0.2, 0.25) is 5.91 Å². The molecule has 1 rings (SSSR count). The van der Waals surface area contributed by atoms with Crippen LogP contribution in [0.25, 0.3) is 0 Å². The summed E-state index contributed by atoms with van der Waals surface area (Å²) in [6, 6.07) is 5.90. The van der Waals surface area contributed by atoms with E-state index in [0.717, 1.165) is 12.1 Å². The lowest BCUT2D eigenvalue weighted by molar-refractivity contribution is -0.128. The summed E-state index contributed by atoms with van der Waals surface area (Å²) in [6.45, 7) is 3.37. The second kappa shape index (κ2) is 12.9. The Morgan fingerprint density at radius 2 is 2.21 bits per heavy atom. The first kappa shape index (κ1) is 22.6. The molecule has 0 aliphatic heterocycles. The van der Waals surface area contributed by atoms with Crippen LogP contribution in [0, 0.1) is 0 Å². The molecular formula is C16H28IN5O2. The number of aliphatic imine (C=N–C) groups is 1. The molecule has 1 unspecified atom stereocenters. The molecule has 136 valence electrons. The molecule has 0 saturated carbocycles. The number of likely N-dealkylation sites (N-methyl/N-ethyl adjacent to an activating group) is 1. The zero-order chi connectivity index (χ0) is 17.1. The predicted octanol–water partition coefficient (Wildman–Crippen LogP) is 0.900. The van der Waals surface area contributed by atoms with Crippen molar-refractivity contribution in [2.75, 3.05) is 40.9 Å². The van der Waals surface area contributed by atoms with Crippen molar-refractivity contribution in [3.8, 4) is 0 Å². The normalized spacial score (nSPS) is 12.1. The fraction of sp³-hybridized carbons (Fsp3) is 0.562. The lowest BCUT2D eigenvalue weighted by Gasteiger charge is -2.20. The largest absolute Gasteiger partial charge is 0.383 e. The minimum Gasteiger partial charge on any atom is -0.383 e. The molecule has 0 bridgehead atoms. The highest BCUT2D eigenvalue weighted by Crippen LogP contribution is 1.96. The highest BCUT2D eigenvalue weighted by Gasteiger charge is 2.11. The molecule has 0 saturated heterocycles. The van der Waals surface area contributed by atoms with Crippen LogP contribution in [0.4, 0.5) is 0 Å². The number of pyridine rings is 1. The van der Waals surface area contributed by atoms with Gasteiger partial charge >= 0.3 is 0 Å². The van der Waals surface area contributed by atoms with Crippen LogP contribution in [0.2, 0.25) is 0 Å². The fourth-order valence-electron chi connectivity index (χ4n) is 1.97. The van der Waals surface area contributed by atoms with Gasteiger partial charge in [-0.25, -0.2) is 0 Å². The number of carbonyl (C=O) groups is 1. The van der Waals surface area contributed by atoms with E-state index in [4.69, 9.17) is 4.74 Å². The van der Waals surface area contributed by atoms with Crippen molar-refractivity contribution in [2.24, 2.45) is 4.99 Å². The van der Waals surface area contributed by atoms with Gasteiger partial charge in [0.05, 0.1) is 13.2 Å². The molecule has 0 fully saturated rings. The first-order valence-corrected chi connectivity index (χ1v) is 7.66. The Kier molecular flexibility index (Phi) is 12.2. The number of nitrogens with one attached hydrogen (secondary N) is 2. The third kappa shape index (κ3) is 9.02. The van der Waals surface area contributed by atoms with E-state index in [1.807, 2.05) is 25.1 Å². The molecule has 2 N–H and O–H groups in total. The van der Waals surface area contributed by atoms with E-state index in [0.29, 0.717) is 19.1 Å². The van der Waals surface area contributed by atoms with Crippen LogP contribution in [0.3, 0.4) is 0 Å². The van der Waals surface area contributed by atoms with Crippen molar-refractivity contribution in [2.45, 2.75) is 19.4 Å². The van der Waals surface area contributed by atoms with Gasteiger partial charge < -0.3 is 20.3 Å². The van der Waals surface area contributed by atoms with Gasteiger partial charge in [0.15, 0.2) is 5.96 Å². The Morgan fingerprint density at radius 1 is 1.46 bits per heavy atom. The number of aromatic nitrogens is 1. The number of carbonyl (C=O) groups excluding carboxylic acids is 1. The van der Waals surface area contributed by atoms with E-state index in [2.05, 4.69) is 20.6 Å². The standard InChI is InChI=1S/C16H27N5O2.HI/c1-13(12-23-4)20-16(17-2)19-11-15(22)21(3)10-8-14-7-5-6-9-18-14;/h5-7,9,13H,8,10-12H2,1-4H3,(H2,17,19,20);1H. The summed E-state index contributed by atoms with van der Waals surface area (Å²) in [6.07, 6.45) is 2.50.